The molecule has 0 aliphatic rings. The van der Waals surface area contributed by atoms with Crippen LogP contribution in [0.4, 0.5) is 0 Å². The first kappa shape index (κ1) is 11.9. The summed E-state index contributed by atoms with van der Waals surface area (Å²) in [6.07, 6.45) is 3.39. The molecule has 0 aliphatic carbocycles. The van der Waals surface area contributed by atoms with Crippen LogP contribution in [0.25, 0.3) is 11.0 Å². The lowest BCUT2D eigenvalue weighted by Gasteiger charge is -2.05. The summed E-state index contributed by atoms with van der Waals surface area (Å²) >= 11 is 3.38. The highest BCUT2D eigenvalue weighted by atomic mass is 79.9. The molecule has 0 bridgehead atoms. The summed E-state index contributed by atoms with van der Waals surface area (Å²) in [5.74, 6) is 0. The molecule has 4 nitrogen and oxygen atoms in total. The third-order valence-corrected chi connectivity index (χ3v) is 2.95. The number of H-pyrrole nitrogens is 2. The number of benzene rings is 1. The molecule has 2 rings (SSSR count). The number of hydrogen-bond acceptors (Lipinski definition) is 2. The van der Waals surface area contributed by atoms with E-state index in [1.165, 1.54) is 0 Å². The Bertz CT molecular complexity index is 685. The summed E-state index contributed by atoms with van der Waals surface area (Å²) in [5, 5.41) is 0. The standard InChI is InChI=1S/C12H11BrN2O2/c1-2-3-4-7-5-8(13)6-9-10(7)15-12(17)11(16)14-9/h2,5-6H,1,3-4H2,(H,14,16)(H,15,17). The van der Waals surface area contributed by atoms with Gasteiger partial charge in [-0.05, 0) is 30.5 Å². The third-order valence-electron chi connectivity index (χ3n) is 2.50. The Morgan fingerprint density at radius 1 is 1.24 bits per heavy atom. The van der Waals surface area contributed by atoms with E-state index in [4.69, 9.17) is 0 Å². The molecule has 2 N–H and O–H groups in total. The van der Waals surface area contributed by atoms with E-state index >= 15 is 0 Å². The number of allylic oxidation sites excluding steroid dienone is 1. The second-order valence-electron chi connectivity index (χ2n) is 3.72. The Kier molecular flexibility index (Phi) is 3.28. The Hall–Kier alpha value is -1.62. The fourth-order valence-corrected chi connectivity index (χ4v) is 2.22. The number of fused-ring (bicyclic) bond motifs is 1. The molecule has 88 valence electrons. The number of rotatable bonds is 3. The van der Waals surface area contributed by atoms with E-state index in [0.717, 1.165) is 22.9 Å². The van der Waals surface area contributed by atoms with E-state index in [1.54, 1.807) is 6.07 Å². The highest BCUT2D eigenvalue weighted by Crippen LogP contribution is 2.21. The molecule has 0 unspecified atom stereocenters. The molecule has 0 saturated carbocycles. The SMILES string of the molecule is C=CCCc1cc(Br)cc2[nH]c(=O)c(=O)[nH]c12. The van der Waals surface area contributed by atoms with Gasteiger partial charge in [-0.1, -0.05) is 22.0 Å². The number of halogens is 1. The molecule has 0 aliphatic heterocycles. The number of aromatic amines is 2. The minimum Gasteiger partial charge on any atom is -0.316 e. The molecule has 2 aromatic rings. The molecule has 0 fully saturated rings. The zero-order chi connectivity index (χ0) is 12.4. The number of aryl methyl sites for hydroxylation is 1. The maximum absolute atomic E-state index is 11.3. The fourth-order valence-electron chi connectivity index (χ4n) is 1.71. The highest BCUT2D eigenvalue weighted by Gasteiger charge is 2.06. The molecule has 0 radical (unpaired) electrons. The molecule has 1 heterocycles. The van der Waals surface area contributed by atoms with Gasteiger partial charge in [-0.3, -0.25) is 9.59 Å². The monoisotopic (exact) mass is 294 g/mol. The van der Waals surface area contributed by atoms with Crippen LogP contribution >= 0.6 is 15.9 Å². The normalized spacial score (nSPS) is 10.6. The molecular weight excluding hydrogens is 284 g/mol. The van der Waals surface area contributed by atoms with Crippen LogP contribution in [0.1, 0.15) is 12.0 Å². The lowest BCUT2D eigenvalue weighted by Crippen LogP contribution is -2.29. The topological polar surface area (TPSA) is 65.7 Å². The Morgan fingerprint density at radius 2 is 1.94 bits per heavy atom. The van der Waals surface area contributed by atoms with Crippen LogP contribution < -0.4 is 11.1 Å². The quantitative estimate of drug-likeness (QED) is 0.672. The van der Waals surface area contributed by atoms with Crippen molar-refractivity contribution in [3.63, 3.8) is 0 Å². The van der Waals surface area contributed by atoms with Crippen molar-refractivity contribution in [1.29, 1.82) is 0 Å². The lowest BCUT2D eigenvalue weighted by molar-refractivity contribution is 1.00. The molecule has 0 amide bonds. The summed E-state index contributed by atoms with van der Waals surface area (Å²) in [5.41, 5.74) is 1.02. The molecule has 0 spiro atoms. The molecule has 5 heteroatoms. The summed E-state index contributed by atoms with van der Waals surface area (Å²) in [6, 6.07) is 3.70. The molecule has 17 heavy (non-hydrogen) atoms. The Balaban J connectivity index is 2.73. The average Bonchev–Trinajstić information content (AvgIpc) is 2.28. The minimum absolute atomic E-state index is 0.625. The van der Waals surface area contributed by atoms with E-state index in [9.17, 15) is 9.59 Å². The van der Waals surface area contributed by atoms with Crippen LogP contribution in [0.2, 0.25) is 0 Å². The van der Waals surface area contributed by atoms with Crippen LogP contribution in [-0.2, 0) is 6.42 Å². The summed E-state index contributed by atoms with van der Waals surface area (Å²) in [6.45, 7) is 3.67. The second kappa shape index (κ2) is 4.71. The van der Waals surface area contributed by atoms with Gasteiger partial charge < -0.3 is 9.97 Å². The predicted molar refractivity (Wildman–Crippen MR) is 71.4 cm³/mol. The van der Waals surface area contributed by atoms with Gasteiger partial charge in [0.15, 0.2) is 0 Å². The van der Waals surface area contributed by atoms with Crippen molar-refractivity contribution in [3.8, 4) is 0 Å². The van der Waals surface area contributed by atoms with Crippen LogP contribution in [0.5, 0.6) is 0 Å². The maximum atomic E-state index is 11.3. The van der Waals surface area contributed by atoms with Crippen molar-refractivity contribution in [2.75, 3.05) is 0 Å². The smallest absolute Gasteiger partial charge is 0.314 e. The van der Waals surface area contributed by atoms with E-state index in [-0.39, 0.29) is 0 Å². The van der Waals surface area contributed by atoms with Gasteiger partial charge in [-0.2, -0.15) is 0 Å². The van der Waals surface area contributed by atoms with Gasteiger partial charge in [-0.15, -0.1) is 6.58 Å². The summed E-state index contributed by atoms with van der Waals surface area (Å²) in [7, 11) is 0. The van der Waals surface area contributed by atoms with Gasteiger partial charge in [0.1, 0.15) is 0 Å². The van der Waals surface area contributed by atoms with Gasteiger partial charge >= 0.3 is 11.1 Å². The van der Waals surface area contributed by atoms with Crippen molar-refractivity contribution >= 4 is 27.0 Å². The molecule has 1 aromatic heterocycles. The van der Waals surface area contributed by atoms with E-state index < -0.39 is 11.1 Å². The first-order valence-corrected chi connectivity index (χ1v) is 5.96. The number of hydrogen-bond donors (Lipinski definition) is 2. The maximum Gasteiger partial charge on any atom is 0.314 e. The molecule has 0 saturated heterocycles. The molecule has 0 atom stereocenters. The second-order valence-corrected chi connectivity index (χ2v) is 4.64. The fraction of sp³-hybridized carbons (Fsp3) is 0.167. The molecule has 1 aromatic carbocycles. The van der Waals surface area contributed by atoms with Crippen molar-refractivity contribution in [3.05, 3.63) is 55.5 Å². The summed E-state index contributed by atoms with van der Waals surface area (Å²) < 4.78 is 0.867. The first-order valence-electron chi connectivity index (χ1n) is 5.17. The van der Waals surface area contributed by atoms with Gasteiger partial charge in [0.25, 0.3) is 0 Å². The lowest BCUT2D eigenvalue weighted by atomic mass is 10.1. The van der Waals surface area contributed by atoms with E-state index in [2.05, 4.69) is 32.5 Å². The van der Waals surface area contributed by atoms with Crippen LogP contribution in [-0.4, -0.2) is 9.97 Å². The van der Waals surface area contributed by atoms with Crippen molar-refractivity contribution in [2.24, 2.45) is 0 Å². The summed E-state index contributed by atoms with van der Waals surface area (Å²) in [4.78, 5) is 27.7. The van der Waals surface area contributed by atoms with Crippen LogP contribution in [0.3, 0.4) is 0 Å². The zero-order valence-corrected chi connectivity index (χ0v) is 10.6. The Morgan fingerprint density at radius 3 is 2.65 bits per heavy atom. The van der Waals surface area contributed by atoms with Crippen LogP contribution in [0, 0.1) is 0 Å². The van der Waals surface area contributed by atoms with Crippen LogP contribution in [0.15, 0.2) is 38.8 Å². The largest absolute Gasteiger partial charge is 0.316 e. The van der Waals surface area contributed by atoms with Crippen molar-refractivity contribution in [2.45, 2.75) is 12.8 Å². The minimum atomic E-state index is -0.634. The first-order chi connectivity index (χ1) is 8.11. The third kappa shape index (κ3) is 2.39. The highest BCUT2D eigenvalue weighted by molar-refractivity contribution is 9.10. The average molecular weight is 295 g/mol. The van der Waals surface area contributed by atoms with E-state index in [1.807, 2.05) is 12.1 Å². The van der Waals surface area contributed by atoms with Gasteiger partial charge in [0.2, 0.25) is 0 Å². The predicted octanol–water partition coefficient (Wildman–Crippen LogP) is 2.10. The zero-order valence-electron chi connectivity index (χ0n) is 9.05. The van der Waals surface area contributed by atoms with Gasteiger partial charge in [-0.25, -0.2) is 0 Å². The number of aromatic nitrogens is 2. The van der Waals surface area contributed by atoms with Crippen molar-refractivity contribution < 1.29 is 0 Å². The molecular formula is C12H11BrN2O2. The van der Waals surface area contributed by atoms with E-state index in [0.29, 0.717) is 11.0 Å². The van der Waals surface area contributed by atoms with Crippen molar-refractivity contribution in [1.82, 2.24) is 9.97 Å². The Labute approximate surface area is 106 Å². The number of nitrogens with one attached hydrogen (secondary N) is 2. The van der Waals surface area contributed by atoms with Gasteiger partial charge in [0, 0.05) is 4.47 Å². The van der Waals surface area contributed by atoms with Gasteiger partial charge in [0.05, 0.1) is 11.0 Å².